The van der Waals surface area contributed by atoms with E-state index < -0.39 is 0 Å². The molecule has 0 bridgehead atoms. The third-order valence-corrected chi connectivity index (χ3v) is 4.32. The summed E-state index contributed by atoms with van der Waals surface area (Å²) in [5.41, 5.74) is 1.91. The van der Waals surface area contributed by atoms with Gasteiger partial charge in [-0.1, -0.05) is 0 Å². The van der Waals surface area contributed by atoms with Crippen LogP contribution in [0.25, 0.3) is 0 Å². The number of aryl methyl sites for hydroxylation is 2. The van der Waals surface area contributed by atoms with Crippen LogP contribution >= 0.6 is 15.9 Å². The van der Waals surface area contributed by atoms with Gasteiger partial charge in [0, 0.05) is 32.0 Å². The van der Waals surface area contributed by atoms with E-state index >= 15 is 0 Å². The first-order chi connectivity index (χ1) is 9.11. The highest BCUT2D eigenvalue weighted by Gasteiger charge is 2.20. The minimum Gasteiger partial charge on any atom is -0.379 e. The maximum absolute atomic E-state index is 12.2. The zero-order valence-electron chi connectivity index (χ0n) is 11.4. The van der Waals surface area contributed by atoms with Gasteiger partial charge in [-0.2, -0.15) is 5.10 Å². The lowest BCUT2D eigenvalue weighted by Gasteiger charge is -2.23. The molecule has 5 nitrogen and oxygen atoms in total. The third kappa shape index (κ3) is 3.64. The number of Topliss-reactive ketones (excluding diaryl/α,β-unsaturated/α-hetero) is 1. The number of carbonyl (C=O) groups is 1. The van der Waals surface area contributed by atoms with E-state index in [4.69, 9.17) is 4.74 Å². The molecule has 0 amide bonds. The number of ether oxygens (including phenoxy) is 1. The average molecular weight is 330 g/mol. The molecule has 1 N–H and O–H groups in total. The first-order valence-corrected chi connectivity index (χ1v) is 7.45. The summed E-state index contributed by atoms with van der Waals surface area (Å²) < 4.78 is 8.21. The Bertz CT molecular complexity index is 453. The fourth-order valence-corrected chi connectivity index (χ4v) is 2.75. The van der Waals surface area contributed by atoms with E-state index in [1.807, 2.05) is 18.5 Å². The van der Waals surface area contributed by atoms with Gasteiger partial charge < -0.3 is 10.1 Å². The second kappa shape index (κ2) is 6.63. The number of carbonyl (C=O) groups excluding carboxylic acids is 1. The highest BCUT2D eigenvalue weighted by Crippen LogP contribution is 2.22. The fraction of sp³-hybridized carbons (Fsp3) is 0.692. The normalized spacial score (nSPS) is 19.6. The van der Waals surface area contributed by atoms with Gasteiger partial charge in [-0.25, -0.2) is 0 Å². The molecule has 1 aromatic heterocycles. The maximum Gasteiger partial charge on any atom is 0.140 e. The van der Waals surface area contributed by atoms with Crippen molar-refractivity contribution in [2.75, 3.05) is 19.8 Å². The quantitative estimate of drug-likeness (QED) is 0.888. The van der Waals surface area contributed by atoms with Gasteiger partial charge in [0.25, 0.3) is 0 Å². The highest BCUT2D eigenvalue weighted by molar-refractivity contribution is 9.10. The van der Waals surface area contributed by atoms with Gasteiger partial charge in [0.2, 0.25) is 0 Å². The molecular formula is C13H20BrN3O2. The molecule has 2 heterocycles. The lowest BCUT2D eigenvalue weighted by molar-refractivity contribution is -0.119. The second-order valence-corrected chi connectivity index (χ2v) is 5.60. The van der Waals surface area contributed by atoms with Crippen LogP contribution in [0.4, 0.5) is 0 Å². The van der Waals surface area contributed by atoms with Gasteiger partial charge in [0.05, 0.1) is 29.1 Å². The van der Waals surface area contributed by atoms with Crippen molar-refractivity contribution in [3.05, 3.63) is 15.9 Å². The summed E-state index contributed by atoms with van der Waals surface area (Å²) in [5.74, 6) is 0.221. The van der Waals surface area contributed by atoms with E-state index in [0.29, 0.717) is 19.4 Å². The SMILES string of the molecule is CCn1nc(C)c(Br)c1CC(=O)CC1COCCN1. The Hall–Kier alpha value is -0.720. The summed E-state index contributed by atoms with van der Waals surface area (Å²) in [6, 6.07) is 0.152. The van der Waals surface area contributed by atoms with Crippen LogP contribution in [0.5, 0.6) is 0 Å². The third-order valence-electron chi connectivity index (χ3n) is 3.29. The Balaban J connectivity index is 1.98. The molecule has 0 radical (unpaired) electrons. The van der Waals surface area contributed by atoms with Gasteiger partial charge >= 0.3 is 0 Å². The summed E-state index contributed by atoms with van der Waals surface area (Å²) in [4.78, 5) is 12.2. The lowest BCUT2D eigenvalue weighted by atomic mass is 10.1. The number of rotatable bonds is 5. The van der Waals surface area contributed by atoms with Crippen LogP contribution in [0.3, 0.4) is 0 Å². The van der Waals surface area contributed by atoms with E-state index in [-0.39, 0.29) is 11.8 Å². The van der Waals surface area contributed by atoms with Gasteiger partial charge in [0.15, 0.2) is 0 Å². The zero-order valence-corrected chi connectivity index (χ0v) is 13.0. The molecule has 1 aromatic rings. The lowest BCUT2D eigenvalue weighted by Crippen LogP contribution is -2.42. The van der Waals surface area contributed by atoms with Crippen LogP contribution in [0, 0.1) is 6.92 Å². The van der Waals surface area contributed by atoms with Crippen molar-refractivity contribution in [2.45, 2.75) is 39.3 Å². The van der Waals surface area contributed by atoms with Crippen molar-refractivity contribution in [1.82, 2.24) is 15.1 Å². The van der Waals surface area contributed by atoms with E-state index in [2.05, 4.69) is 26.3 Å². The monoisotopic (exact) mass is 329 g/mol. The number of hydrogen-bond donors (Lipinski definition) is 1. The van der Waals surface area contributed by atoms with Crippen LogP contribution in [-0.2, 0) is 22.5 Å². The van der Waals surface area contributed by atoms with Crippen molar-refractivity contribution in [1.29, 1.82) is 0 Å². The molecule has 1 atom stereocenters. The largest absolute Gasteiger partial charge is 0.379 e. The number of nitrogens with zero attached hydrogens (tertiary/aromatic N) is 2. The second-order valence-electron chi connectivity index (χ2n) is 4.81. The molecule has 1 fully saturated rings. The van der Waals surface area contributed by atoms with Crippen LogP contribution < -0.4 is 5.32 Å². The van der Waals surface area contributed by atoms with Crippen LogP contribution in [0.15, 0.2) is 4.47 Å². The highest BCUT2D eigenvalue weighted by atomic mass is 79.9. The van der Waals surface area contributed by atoms with Crippen molar-refractivity contribution in [3.63, 3.8) is 0 Å². The molecule has 1 saturated heterocycles. The number of halogens is 1. The summed E-state index contributed by atoms with van der Waals surface area (Å²) in [6.45, 7) is 6.94. The predicted molar refractivity (Wildman–Crippen MR) is 76.3 cm³/mol. The Morgan fingerprint density at radius 1 is 1.63 bits per heavy atom. The Kier molecular flexibility index (Phi) is 5.13. The number of aromatic nitrogens is 2. The van der Waals surface area contributed by atoms with Crippen molar-refractivity contribution in [3.8, 4) is 0 Å². The molecular weight excluding hydrogens is 310 g/mol. The molecule has 1 aliphatic rings. The summed E-state index contributed by atoms with van der Waals surface area (Å²) in [5, 5.41) is 7.71. The maximum atomic E-state index is 12.2. The number of nitrogens with one attached hydrogen (secondary N) is 1. The molecule has 6 heteroatoms. The number of ketones is 1. The first-order valence-electron chi connectivity index (χ1n) is 6.66. The molecule has 0 saturated carbocycles. The summed E-state index contributed by atoms with van der Waals surface area (Å²) >= 11 is 3.52. The van der Waals surface area contributed by atoms with Gasteiger partial charge in [0.1, 0.15) is 5.78 Å². The summed E-state index contributed by atoms with van der Waals surface area (Å²) in [6.07, 6.45) is 0.938. The fourth-order valence-electron chi connectivity index (χ4n) is 2.32. The molecule has 19 heavy (non-hydrogen) atoms. The van der Waals surface area contributed by atoms with Crippen LogP contribution in [0.1, 0.15) is 24.7 Å². The topological polar surface area (TPSA) is 56.2 Å². The molecule has 1 aliphatic heterocycles. The van der Waals surface area contributed by atoms with Crippen molar-refractivity contribution in [2.24, 2.45) is 0 Å². The van der Waals surface area contributed by atoms with Gasteiger partial charge in [-0.05, 0) is 29.8 Å². The van der Waals surface area contributed by atoms with E-state index in [1.54, 1.807) is 0 Å². The Morgan fingerprint density at radius 3 is 3.05 bits per heavy atom. The zero-order chi connectivity index (χ0) is 13.8. The molecule has 0 aliphatic carbocycles. The molecule has 0 spiro atoms. The smallest absolute Gasteiger partial charge is 0.140 e. The predicted octanol–water partition coefficient (Wildman–Crippen LogP) is 1.46. The first kappa shape index (κ1) is 14.7. The van der Waals surface area contributed by atoms with Crippen LogP contribution in [-0.4, -0.2) is 41.4 Å². The van der Waals surface area contributed by atoms with E-state index in [1.165, 1.54) is 0 Å². The van der Waals surface area contributed by atoms with Crippen molar-refractivity contribution < 1.29 is 9.53 Å². The number of morpholine rings is 1. The minimum absolute atomic E-state index is 0.152. The van der Waals surface area contributed by atoms with E-state index in [9.17, 15) is 4.79 Å². The molecule has 0 aromatic carbocycles. The average Bonchev–Trinajstić information content (AvgIpc) is 2.67. The number of hydrogen-bond acceptors (Lipinski definition) is 4. The van der Waals surface area contributed by atoms with Gasteiger partial charge in [-0.3, -0.25) is 9.48 Å². The van der Waals surface area contributed by atoms with Gasteiger partial charge in [-0.15, -0.1) is 0 Å². The van der Waals surface area contributed by atoms with E-state index in [0.717, 1.165) is 35.6 Å². The standard InChI is InChI=1S/C13H20BrN3O2/c1-3-17-12(13(14)9(2)16-17)7-11(18)6-10-8-19-5-4-15-10/h10,15H,3-8H2,1-2H3. The summed E-state index contributed by atoms with van der Waals surface area (Å²) in [7, 11) is 0. The van der Waals surface area contributed by atoms with Crippen molar-refractivity contribution >= 4 is 21.7 Å². The minimum atomic E-state index is 0.152. The Labute approximate surface area is 121 Å². The molecule has 2 rings (SSSR count). The Morgan fingerprint density at radius 2 is 2.42 bits per heavy atom. The van der Waals surface area contributed by atoms with Crippen LogP contribution in [0.2, 0.25) is 0 Å². The molecule has 1 unspecified atom stereocenters. The molecule has 106 valence electrons.